The van der Waals surface area contributed by atoms with Gasteiger partial charge in [-0.05, 0) is 51.6 Å². The molecule has 0 aliphatic rings. The van der Waals surface area contributed by atoms with E-state index in [0.717, 1.165) is 26.7 Å². The summed E-state index contributed by atoms with van der Waals surface area (Å²) >= 11 is 8.00. The number of carbonyl (C=O) groups excluding carboxylic acids is 1. The zero-order valence-corrected chi connectivity index (χ0v) is 17.7. The number of benzene rings is 5. The van der Waals surface area contributed by atoms with E-state index in [1.807, 2.05) is 25.1 Å². The first-order valence-electron chi connectivity index (χ1n) is 9.77. The van der Waals surface area contributed by atoms with Gasteiger partial charge in [0, 0.05) is 21.2 Å². The van der Waals surface area contributed by atoms with Crippen molar-refractivity contribution in [3.63, 3.8) is 0 Å². The van der Waals surface area contributed by atoms with Crippen LogP contribution in [0.1, 0.15) is 15.2 Å². The van der Waals surface area contributed by atoms with Crippen molar-refractivity contribution in [3.05, 3.63) is 88.3 Å². The third-order valence-electron chi connectivity index (χ3n) is 5.77. The van der Waals surface area contributed by atoms with Crippen molar-refractivity contribution in [2.24, 2.45) is 0 Å². The minimum absolute atomic E-state index is 0.172. The summed E-state index contributed by atoms with van der Waals surface area (Å²) < 4.78 is 1.03. The summed E-state index contributed by atoms with van der Waals surface area (Å²) in [5.74, 6) is -0.172. The van der Waals surface area contributed by atoms with E-state index in [4.69, 9.17) is 11.6 Å². The van der Waals surface area contributed by atoms with Crippen LogP contribution in [0.3, 0.4) is 0 Å². The van der Waals surface area contributed by atoms with E-state index in [0.29, 0.717) is 9.90 Å². The smallest absolute Gasteiger partial charge is 0.267 e. The third kappa shape index (κ3) is 2.53. The first kappa shape index (κ1) is 17.7. The summed E-state index contributed by atoms with van der Waals surface area (Å²) in [5, 5.41) is 11.6. The maximum atomic E-state index is 13.2. The number of hydrogen-bond acceptors (Lipinski definition) is 2. The van der Waals surface area contributed by atoms with Crippen LogP contribution in [0.2, 0.25) is 5.02 Å². The first-order valence-corrected chi connectivity index (χ1v) is 11.0. The Kier molecular flexibility index (Phi) is 3.79. The highest BCUT2D eigenvalue weighted by molar-refractivity contribution is 7.21. The normalized spacial score (nSPS) is 11.8. The largest absolute Gasteiger partial charge is 0.321 e. The van der Waals surface area contributed by atoms with Gasteiger partial charge in [-0.15, -0.1) is 11.3 Å². The Labute approximate surface area is 182 Å². The van der Waals surface area contributed by atoms with Crippen LogP contribution in [0.5, 0.6) is 0 Å². The molecule has 6 aromatic rings. The van der Waals surface area contributed by atoms with Crippen molar-refractivity contribution in [1.82, 2.24) is 0 Å². The van der Waals surface area contributed by atoms with E-state index >= 15 is 0 Å². The van der Waals surface area contributed by atoms with Gasteiger partial charge in [0.15, 0.2) is 0 Å². The first-order chi connectivity index (χ1) is 14.6. The summed E-state index contributed by atoms with van der Waals surface area (Å²) in [6, 6.07) is 25.0. The van der Waals surface area contributed by atoms with Crippen LogP contribution in [0, 0.1) is 6.92 Å². The molecule has 0 radical (unpaired) electrons. The van der Waals surface area contributed by atoms with Gasteiger partial charge in [0.25, 0.3) is 5.91 Å². The van der Waals surface area contributed by atoms with Crippen molar-refractivity contribution < 1.29 is 4.79 Å². The van der Waals surface area contributed by atoms with Crippen LogP contribution in [0.4, 0.5) is 5.69 Å². The number of nitrogens with one attached hydrogen (secondary N) is 1. The number of halogens is 1. The maximum absolute atomic E-state index is 13.2. The van der Waals surface area contributed by atoms with E-state index in [9.17, 15) is 4.79 Å². The molecule has 2 nitrogen and oxygen atoms in total. The average Bonchev–Trinajstić information content (AvgIpc) is 3.08. The minimum Gasteiger partial charge on any atom is -0.321 e. The lowest BCUT2D eigenvalue weighted by molar-refractivity contribution is 0.103. The molecule has 6 rings (SSSR count). The predicted octanol–water partition coefficient (Wildman–Crippen LogP) is 8.01. The van der Waals surface area contributed by atoms with Gasteiger partial charge < -0.3 is 5.32 Å². The topological polar surface area (TPSA) is 29.1 Å². The van der Waals surface area contributed by atoms with E-state index in [1.54, 1.807) is 0 Å². The van der Waals surface area contributed by atoms with Gasteiger partial charge in [0.1, 0.15) is 4.88 Å². The van der Waals surface area contributed by atoms with Gasteiger partial charge in [0.2, 0.25) is 0 Å². The second kappa shape index (κ2) is 6.43. The van der Waals surface area contributed by atoms with Crippen LogP contribution in [0.25, 0.3) is 42.4 Å². The molecular weight excluding hydrogens is 410 g/mol. The molecule has 1 amide bonds. The van der Waals surface area contributed by atoms with Crippen LogP contribution in [-0.2, 0) is 0 Å². The molecule has 1 heterocycles. The molecule has 4 heteroatoms. The number of thiophene rings is 1. The standard InChI is InChI=1S/C26H16ClNOS/c1-14-5-10-19-21(13-14)30-25(24(19)27)26(29)28-20-12-9-17-7-6-15-3-2-4-16-8-11-18(20)23(17)22(15)16/h2-13H,1H3,(H,28,29). The summed E-state index contributed by atoms with van der Waals surface area (Å²) in [6.45, 7) is 2.04. The van der Waals surface area contributed by atoms with Gasteiger partial charge in [-0.25, -0.2) is 0 Å². The number of hydrogen-bond donors (Lipinski definition) is 1. The highest BCUT2D eigenvalue weighted by Gasteiger charge is 2.19. The molecule has 144 valence electrons. The molecule has 0 spiro atoms. The van der Waals surface area contributed by atoms with Gasteiger partial charge in [-0.3, -0.25) is 4.79 Å². The van der Waals surface area contributed by atoms with Crippen molar-refractivity contribution in [3.8, 4) is 0 Å². The Morgan fingerprint density at radius 1 is 0.833 bits per heavy atom. The van der Waals surface area contributed by atoms with Crippen LogP contribution in [-0.4, -0.2) is 5.91 Å². The van der Waals surface area contributed by atoms with Gasteiger partial charge in [-0.1, -0.05) is 72.3 Å². The summed E-state index contributed by atoms with van der Waals surface area (Å²) in [7, 11) is 0. The Bertz CT molecular complexity index is 1600. The van der Waals surface area contributed by atoms with Gasteiger partial charge in [0.05, 0.1) is 5.02 Å². The maximum Gasteiger partial charge on any atom is 0.267 e. The number of amides is 1. The Balaban J connectivity index is 1.50. The molecular formula is C26H16ClNOS. The molecule has 0 bridgehead atoms. The molecule has 0 aliphatic heterocycles. The van der Waals surface area contributed by atoms with Gasteiger partial charge >= 0.3 is 0 Å². The Morgan fingerprint density at radius 3 is 2.30 bits per heavy atom. The van der Waals surface area contributed by atoms with Crippen molar-refractivity contribution in [2.75, 3.05) is 5.32 Å². The van der Waals surface area contributed by atoms with Crippen molar-refractivity contribution in [1.29, 1.82) is 0 Å². The molecule has 0 saturated heterocycles. The monoisotopic (exact) mass is 425 g/mol. The number of fused-ring (bicyclic) bond motifs is 1. The highest BCUT2D eigenvalue weighted by atomic mass is 35.5. The average molecular weight is 426 g/mol. The second-order valence-electron chi connectivity index (χ2n) is 7.67. The molecule has 0 unspecified atom stereocenters. The van der Waals surface area contributed by atoms with Crippen molar-refractivity contribution in [2.45, 2.75) is 6.92 Å². The lowest BCUT2D eigenvalue weighted by atomic mass is 9.93. The van der Waals surface area contributed by atoms with E-state index in [1.165, 1.54) is 38.3 Å². The van der Waals surface area contributed by atoms with Crippen molar-refractivity contribution >= 4 is 76.9 Å². The fraction of sp³-hybridized carbons (Fsp3) is 0.0385. The summed E-state index contributed by atoms with van der Waals surface area (Å²) in [5.41, 5.74) is 1.95. The lowest BCUT2D eigenvalue weighted by Gasteiger charge is -2.14. The lowest BCUT2D eigenvalue weighted by Crippen LogP contribution is -2.11. The Morgan fingerprint density at radius 2 is 1.50 bits per heavy atom. The second-order valence-corrected chi connectivity index (χ2v) is 9.10. The predicted molar refractivity (Wildman–Crippen MR) is 130 cm³/mol. The molecule has 1 N–H and O–H groups in total. The molecule has 0 saturated carbocycles. The molecule has 30 heavy (non-hydrogen) atoms. The SMILES string of the molecule is Cc1ccc2c(Cl)c(C(=O)Nc3ccc4ccc5cccc6ccc3c4c56)sc2c1. The Hall–Kier alpha value is -3.14. The molecule has 0 aliphatic carbocycles. The van der Waals surface area contributed by atoms with Crippen LogP contribution < -0.4 is 5.32 Å². The third-order valence-corrected chi connectivity index (χ3v) is 7.42. The minimum atomic E-state index is -0.172. The van der Waals surface area contributed by atoms with E-state index in [2.05, 4.69) is 59.9 Å². The summed E-state index contributed by atoms with van der Waals surface area (Å²) in [4.78, 5) is 13.7. The molecule has 5 aromatic carbocycles. The molecule has 1 aromatic heterocycles. The summed E-state index contributed by atoms with van der Waals surface area (Å²) in [6.07, 6.45) is 0. The number of rotatable bonds is 2. The van der Waals surface area contributed by atoms with Crippen LogP contribution in [0.15, 0.2) is 72.8 Å². The highest BCUT2D eigenvalue weighted by Crippen LogP contribution is 2.39. The van der Waals surface area contributed by atoms with Crippen LogP contribution >= 0.6 is 22.9 Å². The fourth-order valence-electron chi connectivity index (χ4n) is 4.34. The molecule has 0 atom stereocenters. The quantitative estimate of drug-likeness (QED) is 0.279. The van der Waals surface area contributed by atoms with Gasteiger partial charge in [-0.2, -0.15) is 0 Å². The number of aryl methyl sites for hydroxylation is 1. The van der Waals surface area contributed by atoms with E-state index < -0.39 is 0 Å². The van der Waals surface area contributed by atoms with E-state index in [-0.39, 0.29) is 5.91 Å². The molecule has 0 fully saturated rings. The fourth-order valence-corrected chi connectivity index (χ4v) is 5.85. The zero-order chi connectivity index (χ0) is 20.4. The zero-order valence-electron chi connectivity index (χ0n) is 16.1. The number of anilines is 1. The number of carbonyl (C=O) groups is 1.